The maximum absolute atomic E-state index is 13.6. The molecule has 17 heavy (non-hydrogen) atoms. The van der Waals surface area contributed by atoms with Crippen molar-refractivity contribution >= 4 is 11.3 Å². The lowest BCUT2D eigenvalue weighted by Crippen LogP contribution is -2.02. The molecule has 2 rings (SSSR count). The first-order chi connectivity index (χ1) is 8.24. The minimum atomic E-state index is -0.327. The molecule has 90 valence electrons. The van der Waals surface area contributed by atoms with E-state index in [1.54, 1.807) is 17.4 Å². The Hall–Kier alpha value is -1.39. The van der Waals surface area contributed by atoms with Gasteiger partial charge in [0.15, 0.2) is 11.6 Å². The Balaban J connectivity index is 2.29. The Morgan fingerprint density at radius 3 is 2.76 bits per heavy atom. The topological polar surface area (TPSA) is 21.3 Å². The Morgan fingerprint density at radius 2 is 2.12 bits per heavy atom. The zero-order chi connectivity index (χ0) is 12.3. The number of hydrogen-bond acceptors (Lipinski definition) is 3. The van der Waals surface area contributed by atoms with Crippen LogP contribution in [0.5, 0.6) is 5.75 Å². The van der Waals surface area contributed by atoms with E-state index in [1.165, 1.54) is 18.1 Å². The number of hydrogen-bond donors (Lipinski definition) is 1. The quantitative estimate of drug-likeness (QED) is 0.900. The molecule has 0 aliphatic rings. The third-order valence-electron chi connectivity index (χ3n) is 2.49. The van der Waals surface area contributed by atoms with Crippen LogP contribution in [0, 0.1) is 5.82 Å². The number of ether oxygens (including phenoxy) is 1. The summed E-state index contributed by atoms with van der Waals surface area (Å²) in [5.74, 6) is -0.0502. The van der Waals surface area contributed by atoms with Crippen molar-refractivity contribution in [2.45, 2.75) is 6.54 Å². The van der Waals surface area contributed by atoms with Crippen LogP contribution < -0.4 is 10.1 Å². The molecule has 1 heterocycles. The van der Waals surface area contributed by atoms with Crippen LogP contribution in [0.25, 0.3) is 11.1 Å². The van der Waals surface area contributed by atoms with Gasteiger partial charge < -0.3 is 10.1 Å². The van der Waals surface area contributed by atoms with Gasteiger partial charge in [0.1, 0.15) is 0 Å². The second kappa shape index (κ2) is 5.29. The van der Waals surface area contributed by atoms with Crippen molar-refractivity contribution in [3.8, 4) is 16.9 Å². The summed E-state index contributed by atoms with van der Waals surface area (Å²) in [4.78, 5) is 1.23. The van der Waals surface area contributed by atoms with Crippen molar-refractivity contribution < 1.29 is 9.13 Å². The highest BCUT2D eigenvalue weighted by atomic mass is 32.1. The highest BCUT2D eigenvalue weighted by Crippen LogP contribution is 2.29. The average molecular weight is 251 g/mol. The molecule has 4 heteroatoms. The first kappa shape index (κ1) is 12.1. The van der Waals surface area contributed by atoms with Crippen molar-refractivity contribution in [3.63, 3.8) is 0 Å². The zero-order valence-corrected chi connectivity index (χ0v) is 10.6. The molecule has 1 aromatic heterocycles. The lowest BCUT2D eigenvalue weighted by Gasteiger charge is -2.03. The van der Waals surface area contributed by atoms with Gasteiger partial charge in [0.2, 0.25) is 0 Å². The van der Waals surface area contributed by atoms with Crippen LogP contribution in [0.4, 0.5) is 4.39 Å². The molecule has 0 aliphatic carbocycles. The van der Waals surface area contributed by atoms with E-state index in [-0.39, 0.29) is 11.6 Å². The third-order valence-corrected chi connectivity index (χ3v) is 3.43. The van der Waals surface area contributed by atoms with E-state index in [0.717, 1.165) is 17.7 Å². The fourth-order valence-corrected chi connectivity index (χ4v) is 2.55. The highest BCUT2D eigenvalue weighted by Gasteiger charge is 2.06. The van der Waals surface area contributed by atoms with Gasteiger partial charge in [-0.2, -0.15) is 0 Å². The molecule has 0 aliphatic heterocycles. The van der Waals surface area contributed by atoms with E-state index in [0.29, 0.717) is 0 Å². The van der Waals surface area contributed by atoms with Crippen LogP contribution in [-0.4, -0.2) is 14.2 Å². The van der Waals surface area contributed by atoms with Crippen LogP contribution in [0.1, 0.15) is 4.88 Å². The predicted molar refractivity (Wildman–Crippen MR) is 69.0 cm³/mol. The van der Waals surface area contributed by atoms with E-state index in [2.05, 4.69) is 11.4 Å². The van der Waals surface area contributed by atoms with Crippen molar-refractivity contribution in [2.75, 3.05) is 14.2 Å². The van der Waals surface area contributed by atoms with E-state index in [1.807, 2.05) is 18.5 Å². The summed E-state index contributed by atoms with van der Waals surface area (Å²) in [6.45, 7) is 0.837. The summed E-state index contributed by atoms with van der Waals surface area (Å²) >= 11 is 1.67. The predicted octanol–water partition coefficient (Wildman–Crippen LogP) is 3.28. The summed E-state index contributed by atoms with van der Waals surface area (Å²) in [5.41, 5.74) is 1.92. The molecular formula is C13H14FNOS. The van der Waals surface area contributed by atoms with Gasteiger partial charge in [0.05, 0.1) is 7.11 Å². The van der Waals surface area contributed by atoms with E-state index < -0.39 is 0 Å². The van der Waals surface area contributed by atoms with E-state index >= 15 is 0 Å². The van der Waals surface area contributed by atoms with Crippen LogP contribution in [0.3, 0.4) is 0 Å². The number of methoxy groups -OCH3 is 1. The molecule has 0 bridgehead atoms. The number of rotatable bonds is 4. The lowest BCUT2D eigenvalue weighted by atomic mass is 10.1. The normalized spacial score (nSPS) is 10.5. The van der Waals surface area contributed by atoms with Gasteiger partial charge in [0, 0.05) is 11.4 Å². The largest absolute Gasteiger partial charge is 0.494 e. The molecule has 2 aromatic rings. The molecular weight excluding hydrogens is 237 g/mol. The molecule has 2 nitrogen and oxygen atoms in total. The van der Waals surface area contributed by atoms with Gasteiger partial charge in [-0.05, 0) is 41.8 Å². The standard InChI is InChI=1S/C13H14FNOS/c1-15-7-11-5-10(8-17-11)9-3-4-13(16-2)12(14)6-9/h3-6,8,15H,7H2,1-2H3. The first-order valence-corrected chi connectivity index (χ1v) is 6.18. The highest BCUT2D eigenvalue weighted by molar-refractivity contribution is 7.10. The van der Waals surface area contributed by atoms with Crippen molar-refractivity contribution in [3.05, 3.63) is 40.3 Å². The van der Waals surface area contributed by atoms with Crippen LogP contribution in [-0.2, 0) is 6.54 Å². The zero-order valence-electron chi connectivity index (χ0n) is 9.79. The fourth-order valence-electron chi connectivity index (χ4n) is 1.64. The molecule has 0 saturated heterocycles. The molecule has 0 amide bonds. The average Bonchev–Trinajstić information content (AvgIpc) is 2.78. The van der Waals surface area contributed by atoms with Gasteiger partial charge in [-0.25, -0.2) is 4.39 Å². The van der Waals surface area contributed by atoms with Gasteiger partial charge in [-0.15, -0.1) is 11.3 Å². The van der Waals surface area contributed by atoms with Crippen molar-refractivity contribution in [1.29, 1.82) is 0 Å². The second-order valence-electron chi connectivity index (χ2n) is 3.68. The summed E-state index contributed by atoms with van der Waals surface area (Å²) < 4.78 is 18.5. The summed E-state index contributed by atoms with van der Waals surface area (Å²) in [5, 5.41) is 5.13. The number of nitrogens with one attached hydrogen (secondary N) is 1. The molecule has 1 aromatic carbocycles. The maximum Gasteiger partial charge on any atom is 0.165 e. The summed E-state index contributed by atoms with van der Waals surface area (Å²) in [7, 11) is 3.38. The van der Waals surface area contributed by atoms with Crippen molar-refractivity contribution in [1.82, 2.24) is 5.32 Å². The molecule has 0 radical (unpaired) electrons. The second-order valence-corrected chi connectivity index (χ2v) is 4.68. The molecule has 0 saturated carbocycles. The Bertz CT molecular complexity index is 510. The van der Waals surface area contributed by atoms with Crippen LogP contribution >= 0.6 is 11.3 Å². The summed E-state index contributed by atoms with van der Waals surface area (Å²) in [6, 6.07) is 7.10. The van der Waals surface area contributed by atoms with Crippen molar-refractivity contribution in [2.24, 2.45) is 0 Å². The Kier molecular flexibility index (Phi) is 3.76. The lowest BCUT2D eigenvalue weighted by molar-refractivity contribution is 0.386. The number of thiophene rings is 1. The van der Waals surface area contributed by atoms with Gasteiger partial charge in [-0.3, -0.25) is 0 Å². The third kappa shape index (κ3) is 2.65. The van der Waals surface area contributed by atoms with E-state index in [4.69, 9.17) is 4.74 Å². The fraction of sp³-hybridized carbons (Fsp3) is 0.231. The van der Waals surface area contributed by atoms with Crippen LogP contribution in [0.2, 0.25) is 0 Å². The molecule has 1 N–H and O–H groups in total. The molecule has 0 unspecified atom stereocenters. The summed E-state index contributed by atoms with van der Waals surface area (Å²) in [6.07, 6.45) is 0. The minimum absolute atomic E-state index is 0.277. The smallest absolute Gasteiger partial charge is 0.165 e. The number of benzene rings is 1. The van der Waals surface area contributed by atoms with E-state index in [9.17, 15) is 4.39 Å². The Morgan fingerprint density at radius 1 is 1.29 bits per heavy atom. The number of halogens is 1. The Labute approximate surface area is 104 Å². The molecule has 0 spiro atoms. The van der Waals surface area contributed by atoms with Gasteiger partial charge >= 0.3 is 0 Å². The first-order valence-electron chi connectivity index (χ1n) is 5.30. The molecule has 0 fully saturated rings. The monoisotopic (exact) mass is 251 g/mol. The van der Waals surface area contributed by atoms with Gasteiger partial charge in [-0.1, -0.05) is 6.07 Å². The maximum atomic E-state index is 13.6. The van der Waals surface area contributed by atoms with Crippen LogP contribution in [0.15, 0.2) is 29.6 Å². The van der Waals surface area contributed by atoms with Gasteiger partial charge in [0.25, 0.3) is 0 Å². The minimum Gasteiger partial charge on any atom is -0.494 e. The molecule has 0 atom stereocenters. The SMILES string of the molecule is CNCc1cc(-c2ccc(OC)c(F)c2)cs1.